The molecule has 0 saturated heterocycles. The van der Waals surface area contributed by atoms with Crippen LogP contribution in [0.15, 0.2) is 36.4 Å². The van der Waals surface area contributed by atoms with Gasteiger partial charge in [0.15, 0.2) is 0 Å². The summed E-state index contributed by atoms with van der Waals surface area (Å²) >= 11 is 0. The van der Waals surface area contributed by atoms with Crippen molar-refractivity contribution in [2.24, 2.45) is 0 Å². The normalized spacial score (nSPS) is 11.0. The van der Waals surface area contributed by atoms with Crippen LogP contribution in [-0.2, 0) is 6.42 Å². The number of unbranched alkanes of at least 4 members (excludes halogenated alkanes) is 6. The molecule has 2 rings (SSSR count). The lowest BCUT2D eigenvalue weighted by molar-refractivity contribution is 0.587. The molecule has 19 heavy (non-hydrogen) atoms. The number of rotatable bonds is 8. The summed E-state index contributed by atoms with van der Waals surface area (Å²) in [4.78, 5) is 4.72. The summed E-state index contributed by atoms with van der Waals surface area (Å²) in [6.45, 7) is 2.27. The second-order valence-electron chi connectivity index (χ2n) is 5.37. The van der Waals surface area contributed by atoms with Gasteiger partial charge in [0.1, 0.15) is 0 Å². The van der Waals surface area contributed by atoms with E-state index in [1.54, 1.807) is 0 Å². The number of hydrogen-bond acceptors (Lipinski definition) is 1. The van der Waals surface area contributed by atoms with E-state index < -0.39 is 0 Å². The molecule has 0 aliphatic heterocycles. The van der Waals surface area contributed by atoms with Crippen LogP contribution in [-0.4, -0.2) is 4.98 Å². The second-order valence-corrected chi connectivity index (χ2v) is 5.37. The van der Waals surface area contributed by atoms with Crippen LogP contribution in [0.5, 0.6) is 0 Å². The number of hydrogen-bond donors (Lipinski definition) is 0. The van der Waals surface area contributed by atoms with Crippen molar-refractivity contribution in [2.45, 2.75) is 58.3 Å². The highest BCUT2D eigenvalue weighted by Crippen LogP contribution is 2.14. The van der Waals surface area contributed by atoms with Crippen LogP contribution >= 0.6 is 0 Å². The molecule has 0 aliphatic carbocycles. The van der Waals surface area contributed by atoms with Crippen LogP contribution in [0.2, 0.25) is 0 Å². The molecule has 0 saturated carbocycles. The number of nitrogens with zero attached hydrogens (tertiary/aromatic N) is 1. The summed E-state index contributed by atoms with van der Waals surface area (Å²) in [6, 6.07) is 12.7. The minimum atomic E-state index is 1.12. The van der Waals surface area contributed by atoms with Gasteiger partial charge in [0.2, 0.25) is 0 Å². The van der Waals surface area contributed by atoms with Gasteiger partial charge in [-0.3, -0.25) is 4.98 Å². The topological polar surface area (TPSA) is 12.9 Å². The van der Waals surface area contributed by atoms with E-state index in [0.717, 1.165) is 11.9 Å². The lowest BCUT2D eigenvalue weighted by Gasteiger charge is -2.03. The number of aryl methyl sites for hydroxylation is 1. The quantitative estimate of drug-likeness (QED) is 0.565. The summed E-state index contributed by atoms with van der Waals surface area (Å²) in [5, 5.41) is 1.24. The van der Waals surface area contributed by atoms with Crippen molar-refractivity contribution in [2.75, 3.05) is 0 Å². The van der Waals surface area contributed by atoms with Gasteiger partial charge in [-0.2, -0.15) is 0 Å². The third kappa shape index (κ3) is 4.66. The summed E-state index contributed by atoms with van der Waals surface area (Å²) in [7, 11) is 0. The van der Waals surface area contributed by atoms with Gasteiger partial charge in [-0.25, -0.2) is 0 Å². The Kier molecular flexibility index (Phi) is 5.87. The predicted octanol–water partition coefficient (Wildman–Crippen LogP) is 5.53. The molecule has 0 spiro atoms. The van der Waals surface area contributed by atoms with Crippen molar-refractivity contribution >= 4 is 10.9 Å². The molecule has 0 fully saturated rings. The first kappa shape index (κ1) is 14.0. The minimum Gasteiger partial charge on any atom is -0.253 e. The molecule has 0 N–H and O–H groups in total. The Morgan fingerprint density at radius 1 is 0.789 bits per heavy atom. The highest BCUT2D eigenvalue weighted by Gasteiger charge is 1.98. The molecule has 0 amide bonds. The summed E-state index contributed by atoms with van der Waals surface area (Å²) in [6.07, 6.45) is 10.7. The molecule has 0 aliphatic rings. The highest BCUT2D eigenvalue weighted by atomic mass is 14.7. The molecule has 102 valence electrons. The molecule has 0 atom stereocenters. The van der Waals surface area contributed by atoms with Crippen LogP contribution in [0, 0.1) is 0 Å². The van der Waals surface area contributed by atoms with Crippen molar-refractivity contribution in [3.8, 4) is 0 Å². The van der Waals surface area contributed by atoms with E-state index >= 15 is 0 Å². The van der Waals surface area contributed by atoms with Crippen LogP contribution in [0.4, 0.5) is 0 Å². The molecular formula is C18H25N. The van der Waals surface area contributed by atoms with Crippen molar-refractivity contribution < 1.29 is 0 Å². The van der Waals surface area contributed by atoms with E-state index in [0.29, 0.717) is 0 Å². The number of para-hydroxylation sites is 1. The predicted molar refractivity (Wildman–Crippen MR) is 83.4 cm³/mol. The molecule has 1 heterocycles. The van der Waals surface area contributed by atoms with Gasteiger partial charge in [0, 0.05) is 11.1 Å². The molecule has 0 unspecified atom stereocenters. The number of pyridine rings is 1. The van der Waals surface area contributed by atoms with E-state index in [-0.39, 0.29) is 0 Å². The zero-order valence-corrected chi connectivity index (χ0v) is 12.1. The van der Waals surface area contributed by atoms with Gasteiger partial charge < -0.3 is 0 Å². The molecule has 0 radical (unpaired) electrons. The van der Waals surface area contributed by atoms with E-state index in [9.17, 15) is 0 Å². The fourth-order valence-electron chi connectivity index (χ4n) is 2.51. The summed E-state index contributed by atoms with van der Waals surface area (Å²) in [5.74, 6) is 0. The maximum absolute atomic E-state index is 4.72. The Labute approximate surface area is 117 Å². The first-order valence-corrected chi connectivity index (χ1v) is 7.75. The van der Waals surface area contributed by atoms with Crippen LogP contribution in [0.1, 0.15) is 57.6 Å². The maximum Gasteiger partial charge on any atom is 0.0705 e. The Morgan fingerprint density at radius 3 is 2.37 bits per heavy atom. The Bertz CT molecular complexity index is 490. The SMILES string of the molecule is CCCCCCCCCc1ccc2ccccc2n1. The maximum atomic E-state index is 4.72. The summed E-state index contributed by atoms with van der Waals surface area (Å²) < 4.78 is 0. The smallest absolute Gasteiger partial charge is 0.0705 e. The number of fused-ring (bicyclic) bond motifs is 1. The van der Waals surface area contributed by atoms with Gasteiger partial charge >= 0.3 is 0 Å². The van der Waals surface area contributed by atoms with Gasteiger partial charge in [-0.05, 0) is 25.0 Å². The Hall–Kier alpha value is -1.37. The fraction of sp³-hybridized carbons (Fsp3) is 0.500. The first-order valence-electron chi connectivity index (χ1n) is 7.75. The van der Waals surface area contributed by atoms with E-state index in [1.807, 2.05) is 0 Å². The zero-order valence-electron chi connectivity index (χ0n) is 12.1. The molecule has 1 nitrogen and oxygen atoms in total. The van der Waals surface area contributed by atoms with Crippen molar-refractivity contribution in [1.29, 1.82) is 0 Å². The van der Waals surface area contributed by atoms with Gasteiger partial charge in [-0.1, -0.05) is 69.7 Å². The third-order valence-electron chi connectivity index (χ3n) is 3.69. The van der Waals surface area contributed by atoms with Gasteiger partial charge in [0.25, 0.3) is 0 Å². The van der Waals surface area contributed by atoms with E-state index in [4.69, 9.17) is 4.98 Å². The van der Waals surface area contributed by atoms with Crippen molar-refractivity contribution in [3.05, 3.63) is 42.1 Å². The van der Waals surface area contributed by atoms with Gasteiger partial charge in [0.05, 0.1) is 5.52 Å². The van der Waals surface area contributed by atoms with Crippen molar-refractivity contribution in [3.63, 3.8) is 0 Å². The van der Waals surface area contributed by atoms with Crippen LogP contribution in [0.25, 0.3) is 10.9 Å². The average molecular weight is 255 g/mol. The molecule has 1 aromatic heterocycles. The largest absolute Gasteiger partial charge is 0.253 e. The second kappa shape index (κ2) is 7.93. The number of benzene rings is 1. The molecule has 1 heteroatoms. The zero-order chi connectivity index (χ0) is 13.3. The molecular weight excluding hydrogens is 230 g/mol. The Balaban J connectivity index is 1.72. The average Bonchev–Trinajstić information content (AvgIpc) is 2.46. The standard InChI is InChI=1S/C18H25N/c1-2-3-4-5-6-7-8-12-17-15-14-16-11-9-10-13-18(16)19-17/h9-11,13-15H,2-8,12H2,1H3. The lowest BCUT2D eigenvalue weighted by Crippen LogP contribution is -1.91. The van der Waals surface area contributed by atoms with Gasteiger partial charge in [-0.15, -0.1) is 0 Å². The minimum absolute atomic E-state index is 1.12. The third-order valence-corrected chi connectivity index (χ3v) is 3.69. The van der Waals surface area contributed by atoms with Crippen LogP contribution in [0.3, 0.4) is 0 Å². The van der Waals surface area contributed by atoms with E-state index in [1.165, 1.54) is 56.0 Å². The number of aromatic nitrogens is 1. The highest BCUT2D eigenvalue weighted by molar-refractivity contribution is 5.78. The van der Waals surface area contributed by atoms with Crippen LogP contribution < -0.4 is 0 Å². The van der Waals surface area contributed by atoms with E-state index in [2.05, 4.69) is 43.3 Å². The lowest BCUT2D eigenvalue weighted by atomic mass is 10.1. The molecule has 0 bridgehead atoms. The monoisotopic (exact) mass is 255 g/mol. The summed E-state index contributed by atoms with van der Waals surface area (Å²) in [5.41, 5.74) is 2.37. The van der Waals surface area contributed by atoms with Crippen molar-refractivity contribution in [1.82, 2.24) is 4.98 Å². The fourth-order valence-corrected chi connectivity index (χ4v) is 2.51. The molecule has 2 aromatic rings. The first-order chi connectivity index (χ1) is 9.40. The molecule has 1 aromatic carbocycles. The Morgan fingerprint density at radius 2 is 1.53 bits per heavy atom.